The Balaban J connectivity index is 1.84. The molecule has 0 unspecified atom stereocenters. The van der Waals surface area contributed by atoms with E-state index in [1.165, 1.54) is 24.3 Å². The van der Waals surface area contributed by atoms with Gasteiger partial charge in [0.2, 0.25) is 5.91 Å². The summed E-state index contributed by atoms with van der Waals surface area (Å²) in [7, 11) is 0. The summed E-state index contributed by atoms with van der Waals surface area (Å²) < 4.78 is 0. The standard InChI is InChI=1S/C18H24N2O4/c1-12(2)11-16(21)20-9-7-15(8-10-20)19-17(22)13-3-5-14(6-4-13)18(23)24/h3-6,12,15H,7-11H2,1-2H3,(H,19,22)(H,23,24). The zero-order chi connectivity index (χ0) is 17.7. The van der Waals surface area contributed by atoms with Gasteiger partial charge in [0.25, 0.3) is 5.91 Å². The molecule has 0 aliphatic carbocycles. The van der Waals surface area contributed by atoms with Gasteiger partial charge in [-0.3, -0.25) is 9.59 Å². The number of amides is 2. The molecule has 0 atom stereocenters. The number of carbonyl (C=O) groups excluding carboxylic acids is 2. The molecule has 0 saturated carbocycles. The van der Waals surface area contributed by atoms with Crippen molar-refractivity contribution in [1.29, 1.82) is 0 Å². The highest BCUT2D eigenvalue weighted by Gasteiger charge is 2.24. The SMILES string of the molecule is CC(C)CC(=O)N1CCC(NC(=O)c2ccc(C(=O)O)cc2)CC1. The van der Waals surface area contributed by atoms with E-state index in [4.69, 9.17) is 5.11 Å². The fourth-order valence-electron chi connectivity index (χ4n) is 2.78. The van der Waals surface area contributed by atoms with Crippen LogP contribution in [-0.2, 0) is 4.79 Å². The number of piperidine rings is 1. The number of hydrogen-bond acceptors (Lipinski definition) is 3. The summed E-state index contributed by atoms with van der Waals surface area (Å²) in [6, 6.07) is 5.91. The van der Waals surface area contributed by atoms with E-state index >= 15 is 0 Å². The molecule has 0 spiro atoms. The van der Waals surface area contributed by atoms with Crippen LogP contribution in [0.5, 0.6) is 0 Å². The van der Waals surface area contributed by atoms with E-state index < -0.39 is 5.97 Å². The number of carbonyl (C=O) groups is 3. The minimum absolute atomic E-state index is 0.0414. The first-order valence-electron chi connectivity index (χ1n) is 8.29. The maximum atomic E-state index is 12.2. The van der Waals surface area contributed by atoms with Gasteiger partial charge in [0.1, 0.15) is 0 Å². The topological polar surface area (TPSA) is 86.7 Å². The molecule has 2 rings (SSSR count). The summed E-state index contributed by atoms with van der Waals surface area (Å²) in [6.07, 6.45) is 2.04. The summed E-state index contributed by atoms with van der Waals surface area (Å²) >= 11 is 0. The molecular weight excluding hydrogens is 308 g/mol. The minimum Gasteiger partial charge on any atom is -0.478 e. The first kappa shape index (κ1) is 18.0. The van der Waals surface area contributed by atoms with Crippen molar-refractivity contribution in [2.75, 3.05) is 13.1 Å². The van der Waals surface area contributed by atoms with Crippen molar-refractivity contribution in [3.8, 4) is 0 Å². The van der Waals surface area contributed by atoms with Crippen LogP contribution in [0.1, 0.15) is 53.8 Å². The van der Waals surface area contributed by atoms with Crippen molar-refractivity contribution in [3.63, 3.8) is 0 Å². The zero-order valence-corrected chi connectivity index (χ0v) is 14.1. The highest BCUT2D eigenvalue weighted by Crippen LogP contribution is 2.14. The van der Waals surface area contributed by atoms with Crippen LogP contribution in [0, 0.1) is 5.92 Å². The third-order valence-electron chi connectivity index (χ3n) is 4.16. The summed E-state index contributed by atoms with van der Waals surface area (Å²) in [5.41, 5.74) is 0.599. The maximum absolute atomic E-state index is 12.2. The Morgan fingerprint density at radius 2 is 1.67 bits per heavy atom. The lowest BCUT2D eigenvalue weighted by molar-refractivity contribution is -0.133. The smallest absolute Gasteiger partial charge is 0.335 e. The number of rotatable bonds is 5. The summed E-state index contributed by atoms with van der Waals surface area (Å²) in [4.78, 5) is 36.9. The summed E-state index contributed by atoms with van der Waals surface area (Å²) in [6.45, 7) is 5.38. The van der Waals surface area contributed by atoms with Crippen LogP contribution in [0.25, 0.3) is 0 Å². The second-order valence-electron chi connectivity index (χ2n) is 6.61. The van der Waals surface area contributed by atoms with Crippen LogP contribution in [0.15, 0.2) is 24.3 Å². The lowest BCUT2D eigenvalue weighted by atomic mass is 10.0. The van der Waals surface area contributed by atoms with Crippen LogP contribution in [0.4, 0.5) is 0 Å². The number of likely N-dealkylation sites (tertiary alicyclic amines) is 1. The highest BCUT2D eigenvalue weighted by atomic mass is 16.4. The molecule has 1 fully saturated rings. The molecule has 1 saturated heterocycles. The van der Waals surface area contributed by atoms with Crippen LogP contribution in [0.2, 0.25) is 0 Å². The monoisotopic (exact) mass is 332 g/mol. The van der Waals surface area contributed by atoms with Gasteiger partial charge in [-0.2, -0.15) is 0 Å². The lowest BCUT2D eigenvalue weighted by Crippen LogP contribution is -2.46. The highest BCUT2D eigenvalue weighted by molar-refractivity contribution is 5.96. The lowest BCUT2D eigenvalue weighted by Gasteiger charge is -2.32. The fourth-order valence-corrected chi connectivity index (χ4v) is 2.78. The third kappa shape index (κ3) is 4.81. The van der Waals surface area contributed by atoms with Gasteiger partial charge in [0.05, 0.1) is 5.56 Å². The third-order valence-corrected chi connectivity index (χ3v) is 4.16. The minimum atomic E-state index is -1.01. The summed E-state index contributed by atoms with van der Waals surface area (Å²) in [5.74, 6) is -0.693. The fraction of sp³-hybridized carbons (Fsp3) is 0.500. The number of benzene rings is 1. The van der Waals surface area contributed by atoms with Crippen molar-refractivity contribution < 1.29 is 19.5 Å². The van der Waals surface area contributed by atoms with Crippen LogP contribution < -0.4 is 5.32 Å². The van der Waals surface area contributed by atoms with Crippen molar-refractivity contribution in [1.82, 2.24) is 10.2 Å². The molecule has 6 heteroatoms. The number of nitrogens with zero attached hydrogens (tertiary/aromatic N) is 1. The zero-order valence-electron chi connectivity index (χ0n) is 14.1. The Kier molecular flexibility index (Phi) is 5.95. The number of hydrogen-bond donors (Lipinski definition) is 2. The molecule has 2 N–H and O–H groups in total. The Hall–Kier alpha value is -2.37. The van der Waals surface area contributed by atoms with Gasteiger partial charge in [-0.1, -0.05) is 13.8 Å². The molecule has 1 aromatic carbocycles. The second kappa shape index (κ2) is 7.95. The van der Waals surface area contributed by atoms with E-state index in [2.05, 4.69) is 5.32 Å². The van der Waals surface area contributed by atoms with Gasteiger partial charge < -0.3 is 15.3 Å². The van der Waals surface area contributed by atoms with Gasteiger partial charge in [0, 0.05) is 31.1 Å². The molecule has 130 valence electrons. The van der Waals surface area contributed by atoms with Gasteiger partial charge >= 0.3 is 5.97 Å². The number of carboxylic acid groups (broad SMARTS) is 1. The van der Waals surface area contributed by atoms with E-state index in [0.29, 0.717) is 31.0 Å². The predicted molar refractivity (Wildman–Crippen MR) is 89.9 cm³/mol. The molecule has 6 nitrogen and oxygen atoms in total. The molecular formula is C18H24N2O4. The van der Waals surface area contributed by atoms with Gasteiger partial charge in [-0.25, -0.2) is 4.79 Å². The van der Waals surface area contributed by atoms with Crippen LogP contribution in [0.3, 0.4) is 0 Å². The van der Waals surface area contributed by atoms with Crippen molar-refractivity contribution >= 4 is 17.8 Å². The number of aromatic carboxylic acids is 1. The summed E-state index contributed by atoms with van der Waals surface area (Å²) in [5, 5.41) is 11.8. The Morgan fingerprint density at radius 3 is 2.17 bits per heavy atom. The largest absolute Gasteiger partial charge is 0.478 e. The van der Waals surface area contributed by atoms with Gasteiger partial charge in [-0.05, 0) is 43.0 Å². The Bertz CT molecular complexity index is 602. The average Bonchev–Trinajstić information content (AvgIpc) is 2.55. The van der Waals surface area contributed by atoms with E-state index in [-0.39, 0.29) is 23.4 Å². The maximum Gasteiger partial charge on any atom is 0.335 e. The second-order valence-corrected chi connectivity index (χ2v) is 6.61. The number of nitrogens with one attached hydrogen (secondary N) is 1. The molecule has 1 aliphatic heterocycles. The van der Waals surface area contributed by atoms with Crippen LogP contribution >= 0.6 is 0 Å². The van der Waals surface area contributed by atoms with Crippen molar-refractivity contribution in [3.05, 3.63) is 35.4 Å². The van der Waals surface area contributed by atoms with Crippen molar-refractivity contribution in [2.24, 2.45) is 5.92 Å². The molecule has 1 aliphatic rings. The molecule has 24 heavy (non-hydrogen) atoms. The van der Waals surface area contributed by atoms with E-state index in [9.17, 15) is 14.4 Å². The molecule has 0 bridgehead atoms. The molecule has 2 amide bonds. The molecule has 0 aromatic heterocycles. The normalized spacial score (nSPS) is 15.4. The Labute approximate surface area is 141 Å². The van der Waals surface area contributed by atoms with E-state index in [1.807, 2.05) is 18.7 Å². The average molecular weight is 332 g/mol. The van der Waals surface area contributed by atoms with Crippen LogP contribution in [-0.4, -0.2) is 46.9 Å². The quantitative estimate of drug-likeness (QED) is 0.865. The predicted octanol–water partition coefficient (Wildman–Crippen LogP) is 2.15. The van der Waals surface area contributed by atoms with E-state index in [0.717, 1.165) is 12.8 Å². The first-order valence-corrected chi connectivity index (χ1v) is 8.29. The van der Waals surface area contributed by atoms with Gasteiger partial charge in [0.15, 0.2) is 0 Å². The van der Waals surface area contributed by atoms with E-state index in [1.54, 1.807) is 0 Å². The number of carboxylic acids is 1. The van der Waals surface area contributed by atoms with Gasteiger partial charge in [-0.15, -0.1) is 0 Å². The molecule has 0 radical (unpaired) electrons. The Morgan fingerprint density at radius 1 is 1.12 bits per heavy atom. The molecule has 1 heterocycles. The molecule has 1 aromatic rings. The van der Waals surface area contributed by atoms with Crippen molar-refractivity contribution in [2.45, 2.75) is 39.2 Å². The first-order chi connectivity index (χ1) is 11.4.